The highest BCUT2D eigenvalue weighted by Gasteiger charge is 2.26. The first kappa shape index (κ1) is 21.6. The first-order valence-electron chi connectivity index (χ1n) is 9.29. The normalized spacial score (nSPS) is 12.7. The van der Waals surface area contributed by atoms with Gasteiger partial charge in [-0.3, -0.25) is 9.59 Å². The lowest BCUT2D eigenvalue weighted by Crippen LogP contribution is -2.47. The van der Waals surface area contributed by atoms with Gasteiger partial charge < -0.3 is 24.7 Å². The summed E-state index contributed by atoms with van der Waals surface area (Å²) in [6, 6.07) is 13.8. The fraction of sp³-hybridized carbons (Fsp3) is 0.182. The molecule has 31 heavy (non-hydrogen) atoms. The number of ether oxygens (including phenoxy) is 1. The molecular weight excluding hydrogens is 406 g/mol. The van der Waals surface area contributed by atoms with Crippen molar-refractivity contribution in [3.63, 3.8) is 0 Å². The number of aliphatic carboxylic acids is 2. The molecule has 2 atom stereocenters. The third kappa shape index (κ3) is 5.27. The number of carboxylic acids is 2. The molecule has 1 aromatic heterocycles. The molecule has 0 unspecified atom stereocenters. The Balaban J connectivity index is 1.82. The highest BCUT2D eigenvalue weighted by Crippen LogP contribution is 2.29. The minimum Gasteiger partial charge on any atom is -0.481 e. The van der Waals surface area contributed by atoms with Crippen molar-refractivity contribution in [2.24, 2.45) is 0 Å². The quantitative estimate of drug-likeness (QED) is 0.467. The summed E-state index contributed by atoms with van der Waals surface area (Å²) >= 11 is 0. The van der Waals surface area contributed by atoms with Crippen LogP contribution in [0.2, 0.25) is 0 Å². The predicted octanol–water partition coefficient (Wildman–Crippen LogP) is 2.27. The molecule has 3 N–H and O–H groups in total. The van der Waals surface area contributed by atoms with Crippen LogP contribution in [0.4, 0.5) is 0 Å². The zero-order valence-electron chi connectivity index (χ0n) is 16.4. The second kappa shape index (κ2) is 9.12. The number of hydrogen-bond acceptors (Lipinski definition) is 6. The van der Waals surface area contributed by atoms with Crippen molar-refractivity contribution in [2.75, 3.05) is 0 Å². The molecule has 160 valence electrons. The van der Waals surface area contributed by atoms with Crippen molar-refractivity contribution in [3.8, 4) is 16.9 Å². The van der Waals surface area contributed by atoms with Gasteiger partial charge in [0, 0.05) is 17.5 Å². The van der Waals surface area contributed by atoms with Gasteiger partial charge in [0.25, 0.3) is 5.91 Å². The van der Waals surface area contributed by atoms with Crippen LogP contribution in [0.3, 0.4) is 0 Å². The van der Waals surface area contributed by atoms with Crippen molar-refractivity contribution >= 4 is 28.8 Å². The van der Waals surface area contributed by atoms with Gasteiger partial charge >= 0.3 is 17.6 Å². The third-order valence-corrected chi connectivity index (χ3v) is 4.48. The Morgan fingerprint density at radius 3 is 2.42 bits per heavy atom. The van der Waals surface area contributed by atoms with Crippen molar-refractivity contribution in [3.05, 3.63) is 65.0 Å². The molecular formula is C22H19NO8. The maximum atomic E-state index is 12.2. The Morgan fingerprint density at radius 1 is 1.06 bits per heavy atom. The standard InChI is InChI=1S/C22H19NO8/c1-12(21(27)23-17(22(28)29)11-19(24)25)30-14-7-8-15-16(13-5-3-2-4-6-13)10-20(26)31-18(15)9-14/h2-10,12,17H,11H2,1H3,(H,23,27)(H,24,25)(H,28,29)/t12-,17-/m1/s1. The number of rotatable bonds is 8. The van der Waals surface area contributed by atoms with Gasteiger partial charge in [0.05, 0.1) is 6.42 Å². The topological polar surface area (TPSA) is 143 Å². The second-order valence-electron chi connectivity index (χ2n) is 6.76. The van der Waals surface area contributed by atoms with E-state index in [2.05, 4.69) is 5.32 Å². The van der Waals surface area contributed by atoms with Gasteiger partial charge in [-0.15, -0.1) is 0 Å². The van der Waals surface area contributed by atoms with Gasteiger partial charge in [0.1, 0.15) is 17.4 Å². The smallest absolute Gasteiger partial charge is 0.336 e. The lowest BCUT2D eigenvalue weighted by atomic mass is 10.0. The first-order chi connectivity index (χ1) is 14.7. The van der Waals surface area contributed by atoms with Crippen LogP contribution in [-0.2, 0) is 14.4 Å². The summed E-state index contributed by atoms with van der Waals surface area (Å²) in [6.45, 7) is 1.38. The molecule has 0 saturated heterocycles. The zero-order valence-corrected chi connectivity index (χ0v) is 16.4. The van der Waals surface area contributed by atoms with Crippen LogP contribution in [0.5, 0.6) is 5.75 Å². The fourth-order valence-electron chi connectivity index (χ4n) is 2.99. The average Bonchev–Trinajstić information content (AvgIpc) is 2.72. The number of fused-ring (bicyclic) bond motifs is 1. The monoisotopic (exact) mass is 425 g/mol. The largest absolute Gasteiger partial charge is 0.481 e. The predicted molar refractivity (Wildman–Crippen MR) is 110 cm³/mol. The Kier molecular flexibility index (Phi) is 6.35. The number of benzene rings is 2. The Hall–Kier alpha value is -4.14. The van der Waals surface area contributed by atoms with Crippen molar-refractivity contribution in [1.82, 2.24) is 5.32 Å². The van der Waals surface area contributed by atoms with E-state index in [1.807, 2.05) is 30.3 Å². The summed E-state index contributed by atoms with van der Waals surface area (Å²) in [5.74, 6) is -3.41. The summed E-state index contributed by atoms with van der Waals surface area (Å²) in [4.78, 5) is 46.1. The number of hydrogen-bond donors (Lipinski definition) is 3. The maximum Gasteiger partial charge on any atom is 0.336 e. The highest BCUT2D eigenvalue weighted by molar-refractivity contribution is 5.94. The molecule has 0 bridgehead atoms. The molecule has 0 spiro atoms. The molecule has 1 heterocycles. The van der Waals surface area contributed by atoms with E-state index in [9.17, 15) is 19.2 Å². The summed E-state index contributed by atoms with van der Waals surface area (Å²) in [5.41, 5.74) is 1.22. The van der Waals surface area contributed by atoms with Crippen molar-refractivity contribution in [2.45, 2.75) is 25.5 Å². The van der Waals surface area contributed by atoms with Gasteiger partial charge in [0.2, 0.25) is 0 Å². The first-order valence-corrected chi connectivity index (χ1v) is 9.29. The molecule has 2 aromatic carbocycles. The molecule has 0 radical (unpaired) electrons. The number of carboxylic acid groups (broad SMARTS) is 2. The third-order valence-electron chi connectivity index (χ3n) is 4.48. The maximum absolute atomic E-state index is 12.2. The number of carbonyl (C=O) groups excluding carboxylic acids is 1. The molecule has 9 heteroatoms. The van der Waals surface area contributed by atoms with Crippen LogP contribution in [0.15, 0.2) is 63.8 Å². The minimum absolute atomic E-state index is 0.216. The van der Waals surface area contributed by atoms with E-state index in [1.165, 1.54) is 19.1 Å². The lowest BCUT2D eigenvalue weighted by Gasteiger charge is -2.18. The van der Waals surface area contributed by atoms with Crippen LogP contribution in [-0.4, -0.2) is 40.2 Å². The highest BCUT2D eigenvalue weighted by atomic mass is 16.5. The Labute approximate surface area is 175 Å². The van der Waals surface area contributed by atoms with E-state index in [0.717, 1.165) is 5.56 Å². The van der Waals surface area contributed by atoms with Gasteiger partial charge in [-0.1, -0.05) is 30.3 Å². The zero-order chi connectivity index (χ0) is 22.5. The van der Waals surface area contributed by atoms with Crippen molar-refractivity contribution in [1.29, 1.82) is 0 Å². The van der Waals surface area contributed by atoms with Crippen LogP contribution < -0.4 is 15.7 Å². The van der Waals surface area contributed by atoms with Crippen LogP contribution in [0, 0.1) is 0 Å². The van der Waals surface area contributed by atoms with Gasteiger partial charge in [-0.2, -0.15) is 0 Å². The van der Waals surface area contributed by atoms with E-state index in [0.29, 0.717) is 10.9 Å². The van der Waals surface area contributed by atoms with E-state index in [1.54, 1.807) is 12.1 Å². The summed E-state index contributed by atoms with van der Waals surface area (Å²) < 4.78 is 10.8. The molecule has 0 saturated carbocycles. The Morgan fingerprint density at radius 2 is 1.77 bits per heavy atom. The molecule has 0 aliphatic carbocycles. The average molecular weight is 425 g/mol. The molecule has 1 amide bonds. The van der Waals surface area contributed by atoms with Crippen LogP contribution >= 0.6 is 0 Å². The van der Waals surface area contributed by atoms with E-state index < -0.39 is 42.0 Å². The van der Waals surface area contributed by atoms with Gasteiger partial charge in [0.15, 0.2) is 6.10 Å². The molecule has 0 fully saturated rings. The second-order valence-corrected chi connectivity index (χ2v) is 6.76. The minimum atomic E-state index is -1.58. The summed E-state index contributed by atoms with van der Waals surface area (Å²) in [7, 11) is 0. The van der Waals surface area contributed by atoms with Crippen molar-refractivity contribution < 1.29 is 33.8 Å². The Bertz CT molecular complexity index is 1190. The summed E-state index contributed by atoms with van der Waals surface area (Å²) in [6.07, 6.45) is -1.89. The van der Waals surface area contributed by atoms with E-state index in [-0.39, 0.29) is 11.3 Å². The van der Waals surface area contributed by atoms with Crippen LogP contribution in [0.1, 0.15) is 13.3 Å². The lowest BCUT2D eigenvalue weighted by molar-refractivity contribution is -0.147. The molecule has 3 rings (SSSR count). The molecule has 9 nitrogen and oxygen atoms in total. The number of carbonyl (C=O) groups is 3. The van der Waals surface area contributed by atoms with E-state index in [4.69, 9.17) is 19.4 Å². The molecule has 3 aromatic rings. The molecule has 0 aliphatic heterocycles. The SMILES string of the molecule is C[C@@H](Oc1ccc2c(-c3ccccc3)cc(=O)oc2c1)C(=O)N[C@H](CC(=O)O)C(=O)O. The number of amides is 1. The van der Waals surface area contributed by atoms with Gasteiger partial charge in [-0.05, 0) is 30.2 Å². The molecule has 0 aliphatic rings. The van der Waals surface area contributed by atoms with Gasteiger partial charge in [-0.25, -0.2) is 9.59 Å². The number of nitrogens with one attached hydrogen (secondary N) is 1. The fourth-order valence-corrected chi connectivity index (χ4v) is 2.99. The van der Waals surface area contributed by atoms with E-state index >= 15 is 0 Å². The van der Waals surface area contributed by atoms with Crippen LogP contribution in [0.25, 0.3) is 22.1 Å². The summed E-state index contributed by atoms with van der Waals surface area (Å²) in [5, 5.41) is 20.6.